The topological polar surface area (TPSA) is 66.5 Å². The summed E-state index contributed by atoms with van der Waals surface area (Å²) in [5.41, 5.74) is 0.284. The standard InChI is InChI=1S/C19H21F3N2O3S/c1-4-24(28(26,27)15-10-9-13(2)14(3)11-15)12-18(25)23-17-8-6-5-7-16(17)19(20,21)22/h5-11H,4,12H2,1-3H3,(H,23,25). The molecule has 2 rings (SSSR count). The second kappa shape index (κ2) is 8.32. The number of sulfonamides is 1. The number of carbonyl (C=O) groups is 1. The highest BCUT2D eigenvalue weighted by Gasteiger charge is 2.34. The highest BCUT2D eigenvalue weighted by Crippen LogP contribution is 2.34. The van der Waals surface area contributed by atoms with Gasteiger partial charge in [0.05, 0.1) is 22.7 Å². The largest absolute Gasteiger partial charge is 0.418 e. The molecule has 1 N–H and O–H groups in total. The maximum atomic E-state index is 13.1. The van der Waals surface area contributed by atoms with Gasteiger partial charge in [-0.1, -0.05) is 25.1 Å². The van der Waals surface area contributed by atoms with E-state index in [0.717, 1.165) is 27.6 Å². The van der Waals surface area contributed by atoms with Gasteiger partial charge < -0.3 is 5.32 Å². The Balaban J connectivity index is 2.23. The second-order valence-corrected chi connectivity index (χ2v) is 8.21. The molecule has 9 heteroatoms. The number of carbonyl (C=O) groups excluding carboxylic acids is 1. The summed E-state index contributed by atoms with van der Waals surface area (Å²) in [4.78, 5) is 12.3. The van der Waals surface area contributed by atoms with Crippen molar-refractivity contribution in [2.45, 2.75) is 31.8 Å². The van der Waals surface area contributed by atoms with Gasteiger partial charge in [-0.25, -0.2) is 8.42 Å². The first-order chi connectivity index (χ1) is 13.0. The van der Waals surface area contributed by atoms with Crippen molar-refractivity contribution >= 4 is 21.6 Å². The molecule has 0 saturated heterocycles. The van der Waals surface area contributed by atoms with Crippen LogP contribution in [-0.4, -0.2) is 31.7 Å². The van der Waals surface area contributed by atoms with E-state index in [1.165, 1.54) is 24.3 Å². The fraction of sp³-hybridized carbons (Fsp3) is 0.316. The molecule has 2 aromatic carbocycles. The zero-order valence-corrected chi connectivity index (χ0v) is 16.5. The van der Waals surface area contributed by atoms with Gasteiger partial charge in [-0.3, -0.25) is 4.79 Å². The fourth-order valence-corrected chi connectivity index (χ4v) is 4.07. The van der Waals surface area contributed by atoms with Crippen LogP contribution >= 0.6 is 0 Å². The van der Waals surface area contributed by atoms with E-state index in [0.29, 0.717) is 0 Å². The third kappa shape index (κ3) is 4.90. The van der Waals surface area contributed by atoms with Crippen LogP contribution in [0.4, 0.5) is 18.9 Å². The monoisotopic (exact) mass is 414 g/mol. The number of nitrogens with zero attached hydrogens (tertiary/aromatic N) is 1. The van der Waals surface area contributed by atoms with Gasteiger partial charge in [-0.2, -0.15) is 17.5 Å². The van der Waals surface area contributed by atoms with Crippen molar-refractivity contribution in [3.8, 4) is 0 Å². The first-order valence-electron chi connectivity index (χ1n) is 8.50. The summed E-state index contributed by atoms with van der Waals surface area (Å²) < 4.78 is 65.7. The average Bonchev–Trinajstić information content (AvgIpc) is 2.61. The van der Waals surface area contributed by atoms with Crippen molar-refractivity contribution < 1.29 is 26.4 Å². The number of amides is 1. The van der Waals surface area contributed by atoms with E-state index in [2.05, 4.69) is 5.32 Å². The van der Waals surface area contributed by atoms with Crippen molar-refractivity contribution in [3.05, 3.63) is 59.2 Å². The Morgan fingerprint density at radius 2 is 1.71 bits per heavy atom. The minimum absolute atomic E-state index is 0.0103. The quantitative estimate of drug-likeness (QED) is 0.778. The Labute approximate surface area is 162 Å². The molecule has 28 heavy (non-hydrogen) atoms. The molecule has 0 heterocycles. The van der Waals surface area contributed by atoms with Crippen molar-refractivity contribution in [1.29, 1.82) is 0 Å². The number of alkyl halides is 3. The van der Waals surface area contributed by atoms with E-state index in [-0.39, 0.29) is 11.4 Å². The van der Waals surface area contributed by atoms with Crippen molar-refractivity contribution in [1.82, 2.24) is 4.31 Å². The Morgan fingerprint density at radius 3 is 2.29 bits per heavy atom. The van der Waals surface area contributed by atoms with Gasteiger partial charge in [-0.05, 0) is 49.2 Å². The van der Waals surface area contributed by atoms with E-state index < -0.39 is 39.9 Å². The molecule has 1 amide bonds. The van der Waals surface area contributed by atoms with Gasteiger partial charge >= 0.3 is 6.18 Å². The molecule has 0 radical (unpaired) electrons. The zero-order chi connectivity index (χ0) is 21.1. The lowest BCUT2D eigenvalue weighted by Crippen LogP contribution is -2.38. The van der Waals surface area contributed by atoms with Crippen LogP contribution < -0.4 is 5.32 Å². The zero-order valence-electron chi connectivity index (χ0n) is 15.7. The van der Waals surface area contributed by atoms with Crippen LogP contribution in [0, 0.1) is 13.8 Å². The summed E-state index contributed by atoms with van der Waals surface area (Å²) in [6, 6.07) is 9.14. The smallest absolute Gasteiger partial charge is 0.324 e. The summed E-state index contributed by atoms with van der Waals surface area (Å²) in [5.74, 6) is -0.856. The van der Waals surface area contributed by atoms with Gasteiger partial charge in [0.25, 0.3) is 0 Å². The Kier molecular flexibility index (Phi) is 6.51. The molecule has 0 spiro atoms. The predicted molar refractivity (Wildman–Crippen MR) is 100 cm³/mol. The lowest BCUT2D eigenvalue weighted by Gasteiger charge is -2.21. The molecule has 0 aliphatic heterocycles. The minimum atomic E-state index is -4.64. The number of hydrogen-bond donors (Lipinski definition) is 1. The summed E-state index contributed by atoms with van der Waals surface area (Å²) in [7, 11) is -3.97. The third-order valence-electron chi connectivity index (χ3n) is 4.30. The molecule has 0 aliphatic rings. The van der Waals surface area contributed by atoms with Crippen LogP contribution in [0.5, 0.6) is 0 Å². The fourth-order valence-electron chi connectivity index (χ4n) is 2.58. The molecular formula is C19H21F3N2O3S. The van der Waals surface area contributed by atoms with E-state index in [9.17, 15) is 26.4 Å². The van der Waals surface area contributed by atoms with Crippen LogP contribution in [0.1, 0.15) is 23.6 Å². The van der Waals surface area contributed by atoms with E-state index >= 15 is 0 Å². The number of benzene rings is 2. The van der Waals surface area contributed by atoms with Crippen LogP contribution in [0.3, 0.4) is 0 Å². The molecule has 0 saturated carbocycles. The first kappa shape index (κ1) is 21.9. The number of rotatable bonds is 6. The van der Waals surface area contributed by atoms with Crippen molar-refractivity contribution in [2.75, 3.05) is 18.4 Å². The maximum Gasteiger partial charge on any atom is 0.418 e. The van der Waals surface area contributed by atoms with Gasteiger partial charge in [0.2, 0.25) is 15.9 Å². The van der Waals surface area contributed by atoms with Gasteiger partial charge in [-0.15, -0.1) is 0 Å². The highest BCUT2D eigenvalue weighted by molar-refractivity contribution is 7.89. The average molecular weight is 414 g/mol. The van der Waals surface area contributed by atoms with Crippen LogP contribution in [0.25, 0.3) is 0 Å². The minimum Gasteiger partial charge on any atom is -0.324 e. The van der Waals surface area contributed by atoms with Crippen molar-refractivity contribution in [2.24, 2.45) is 0 Å². The molecular weight excluding hydrogens is 393 g/mol. The number of nitrogens with one attached hydrogen (secondary N) is 1. The normalized spacial score (nSPS) is 12.2. The second-order valence-electron chi connectivity index (χ2n) is 6.27. The number of likely N-dealkylation sites (N-methyl/N-ethyl adjacent to an activating group) is 1. The molecule has 152 valence electrons. The molecule has 2 aromatic rings. The van der Waals surface area contributed by atoms with E-state index in [4.69, 9.17) is 0 Å². The third-order valence-corrected chi connectivity index (χ3v) is 6.21. The van der Waals surface area contributed by atoms with Crippen LogP contribution in [0.2, 0.25) is 0 Å². The molecule has 0 atom stereocenters. The molecule has 5 nitrogen and oxygen atoms in total. The van der Waals surface area contributed by atoms with Gasteiger partial charge in [0.15, 0.2) is 0 Å². The highest BCUT2D eigenvalue weighted by atomic mass is 32.2. The van der Waals surface area contributed by atoms with Crippen LogP contribution in [-0.2, 0) is 21.0 Å². The molecule has 0 bridgehead atoms. The predicted octanol–water partition coefficient (Wildman–Crippen LogP) is 3.97. The van der Waals surface area contributed by atoms with E-state index in [1.807, 2.05) is 6.92 Å². The summed E-state index contributed by atoms with van der Waals surface area (Å²) in [6.07, 6.45) is -4.64. The summed E-state index contributed by atoms with van der Waals surface area (Å²) >= 11 is 0. The van der Waals surface area contributed by atoms with Gasteiger partial charge in [0, 0.05) is 6.54 Å². The maximum absolute atomic E-state index is 13.1. The first-order valence-corrected chi connectivity index (χ1v) is 9.94. The van der Waals surface area contributed by atoms with Gasteiger partial charge in [0.1, 0.15) is 0 Å². The lowest BCUT2D eigenvalue weighted by atomic mass is 10.1. The van der Waals surface area contributed by atoms with E-state index in [1.54, 1.807) is 19.9 Å². The van der Waals surface area contributed by atoms with Crippen molar-refractivity contribution in [3.63, 3.8) is 0 Å². The molecule has 0 fully saturated rings. The SMILES string of the molecule is CCN(CC(=O)Nc1ccccc1C(F)(F)F)S(=O)(=O)c1ccc(C)c(C)c1. The number of anilines is 1. The Hall–Kier alpha value is -2.39. The number of aryl methyl sites for hydroxylation is 2. The molecule has 0 aromatic heterocycles. The number of halogens is 3. The Bertz CT molecular complexity index is 973. The van der Waals surface area contributed by atoms with Crippen LogP contribution in [0.15, 0.2) is 47.4 Å². The number of para-hydroxylation sites is 1. The summed E-state index contributed by atoms with van der Waals surface area (Å²) in [5, 5.41) is 2.16. The summed E-state index contributed by atoms with van der Waals surface area (Å²) in [6.45, 7) is 4.55. The lowest BCUT2D eigenvalue weighted by molar-refractivity contribution is -0.137. The Morgan fingerprint density at radius 1 is 1.07 bits per heavy atom. The molecule has 0 aliphatic carbocycles. The number of hydrogen-bond acceptors (Lipinski definition) is 3. The molecule has 0 unspecified atom stereocenters.